The van der Waals surface area contributed by atoms with E-state index in [1.807, 2.05) is 198 Å². The highest BCUT2D eigenvalue weighted by atomic mass is 16.2. The predicted molar refractivity (Wildman–Crippen MR) is 479 cm³/mol. The number of amides is 8. The minimum Gasteiger partial charge on any atom is -0.345 e. The molecular weight excluding hydrogens is 1550 g/mol. The van der Waals surface area contributed by atoms with Gasteiger partial charge in [-0.15, -0.1) is 0 Å². The number of rotatable bonds is 28. The second-order valence-electron chi connectivity index (χ2n) is 29.0. The molecule has 0 fully saturated rings. The monoisotopic (exact) mass is 1650 g/mol. The SMILES string of the molecule is CC(C)=O.C[C@@H]([C@H](C#N)NC(=O)c1ccccc1)[C@H](NC(=O)c1ccccc1)c1ccccc1.C[C@@H]([C@H](C#N)NC(=O)c1ccccc1)[C@H](NC(=O)c1ccccc1)c1ccccc1.C[C@@H]([C@H](C#N)NC(=O)c1ccccc1)[C@H](NC(=O)c1ccccc1)c1ccccc1.C[C@@H]([C@H](C#N)NC(=O)c1ccccc1)[C@H](NC(=O)c1ccccc1)c1ccccc1. The van der Waals surface area contributed by atoms with Gasteiger partial charge in [-0.25, -0.2) is 0 Å². The summed E-state index contributed by atoms with van der Waals surface area (Å²) in [5, 5.41) is 62.4. The zero-order valence-electron chi connectivity index (χ0n) is 69.5. The van der Waals surface area contributed by atoms with Crippen molar-refractivity contribution in [3.8, 4) is 24.3 Å². The molecule has 0 aliphatic rings. The Kier molecular flexibility index (Phi) is 37.8. The smallest absolute Gasteiger partial charge is 0.252 e. The molecule has 0 heterocycles. The van der Waals surface area contributed by atoms with E-state index in [0.29, 0.717) is 44.5 Å². The number of hydrogen-bond donors (Lipinski definition) is 8. The number of nitrogens with one attached hydrogen (secondary N) is 8. The summed E-state index contributed by atoms with van der Waals surface area (Å²) in [7, 11) is 0. The number of ketones is 1. The fourth-order valence-electron chi connectivity index (χ4n) is 13.1. The van der Waals surface area contributed by atoms with Gasteiger partial charge >= 0.3 is 0 Å². The molecule has 0 bridgehead atoms. The Morgan fingerprint density at radius 3 is 0.411 bits per heavy atom. The van der Waals surface area contributed by atoms with Crippen molar-refractivity contribution in [1.82, 2.24) is 42.5 Å². The van der Waals surface area contributed by atoms with Gasteiger partial charge in [0.2, 0.25) is 0 Å². The first-order valence-electron chi connectivity index (χ1n) is 40.3. The third kappa shape index (κ3) is 29.2. The number of hydrogen-bond acceptors (Lipinski definition) is 13. The maximum Gasteiger partial charge on any atom is 0.252 e. The van der Waals surface area contributed by atoms with Crippen LogP contribution < -0.4 is 42.5 Å². The van der Waals surface area contributed by atoms with Crippen molar-refractivity contribution in [2.75, 3.05) is 0 Å². The average Bonchev–Trinajstić information content (AvgIpc) is 0.844. The van der Waals surface area contributed by atoms with Crippen LogP contribution in [0.2, 0.25) is 0 Å². The van der Waals surface area contributed by atoms with E-state index in [0.717, 1.165) is 22.3 Å². The van der Waals surface area contributed by atoms with Gasteiger partial charge in [-0.3, -0.25) is 38.4 Å². The Morgan fingerprint density at radius 2 is 0.298 bits per heavy atom. The molecule has 12 rings (SSSR count). The molecule has 12 aromatic rings. The summed E-state index contributed by atoms with van der Waals surface area (Å²) >= 11 is 0. The fraction of sp³-hybridized carbons (Fsp3) is 0.175. The zero-order chi connectivity index (χ0) is 89.0. The maximum atomic E-state index is 12.8. The summed E-state index contributed by atoms with van der Waals surface area (Å²) < 4.78 is 0. The highest BCUT2D eigenvalue weighted by Crippen LogP contribution is 2.31. The molecule has 12 atom stereocenters. The van der Waals surface area contributed by atoms with Crippen molar-refractivity contribution in [1.29, 1.82) is 21.0 Å². The van der Waals surface area contributed by atoms with Gasteiger partial charge < -0.3 is 47.3 Å². The van der Waals surface area contributed by atoms with E-state index >= 15 is 0 Å². The van der Waals surface area contributed by atoms with Crippen LogP contribution in [0.25, 0.3) is 0 Å². The molecule has 0 unspecified atom stereocenters. The van der Waals surface area contributed by atoms with Crippen molar-refractivity contribution in [2.45, 2.75) is 89.9 Å². The number of carbonyl (C=O) groups is 9. The van der Waals surface area contributed by atoms with Crippen LogP contribution in [-0.2, 0) is 4.79 Å². The van der Waals surface area contributed by atoms with E-state index < -0.39 is 48.3 Å². The number of Topliss-reactive ketones (excluding diaryl/α,β-unsaturated/α-hetero) is 1. The van der Waals surface area contributed by atoms with Crippen LogP contribution in [0.3, 0.4) is 0 Å². The van der Waals surface area contributed by atoms with Crippen molar-refractivity contribution < 1.29 is 43.2 Å². The van der Waals surface area contributed by atoms with Gasteiger partial charge in [-0.2, -0.15) is 21.0 Å². The van der Waals surface area contributed by atoms with Gasteiger partial charge in [0.1, 0.15) is 30.0 Å². The van der Waals surface area contributed by atoms with E-state index in [1.54, 1.807) is 194 Å². The molecule has 124 heavy (non-hydrogen) atoms. The molecule has 8 N–H and O–H groups in total. The molecular formula is C103H98N12O9. The summed E-state index contributed by atoms with van der Waals surface area (Å²) in [5.74, 6) is -3.57. The van der Waals surface area contributed by atoms with Gasteiger partial charge in [0.15, 0.2) is 0 Å². The van der Waals surface area contributed by atoms with Crippen molar-refractivity contribution in [3.05, 3.63) is 431 Å². The van der Waals surface area contributed by atoms with Gasteiger partial charge in [0, 0.05) is 68.2 Å². The van der Waals surface area contributed by atoms with Crippen LogP contribution in [0.15, 0.2) is 364 Å². The van der Waals surface area contributed by atoms with Crippen LogP contribution >= 0.6 is 0 Å². The largest absolute Gasteiger partial charge is 0.345 e. The summed E-state index contributed by atoms with van der Waals surface area (Å²) in [5.41, 5.74) is 7.52. The van der Waals surface area contributed by atoms with E-state index in [2.05, 4.69) is 66.8 Å². The third-order valence-electron chi connectivity index (χ3n) is 20.0. The van der Waals surface area contributed by atoms with Crippen molar-refractivity contribution in [2.24, 2.45) is 23.7 Å². The quantitative estimate of drug-likeness (QED) is 0.0226. The second kappa shape index (κ2) is 50.1. The predicted octanol–water partition coefficient (Wildman–Crippen LogP) is 17.1. The lowest BCUT2D eigenvalue weighted by molar-refractivity contribution is -0.115. The van der Waals surface area contributed by atoms with E-state index in [4.69, 9.17) is 0 Å². The lowest BCUT2D eigenvalue weighted by Gasteiger charge is -2.29. The first-order chi connectivity index (χ1) is 60.1. The third-order valence-corrected chi connectivity index (χ3v) is 20.0. The highest BCUT2D eigenvalue weighted by Gasteiger charge is 2.35. The lowest BCUT2D eigenvalue weighted by atomic mass is 9.88. The van der Waals surface area contributed by atoms with Crippen molar-refractivity contribution in [3.63, 3.8) is 0 Å². The summed E-state index contributed by atoms with van der Waals surface area (Å²) in [4.78, 5) is 111. The molecule has 0 saturated heterocycles. The Hall–Kier alpha value is -16.0. The number of carbonyl (C=O) groups excluding carboxylic acids is 9. The molecule has 21 nitrogen and oxygen atoms in total. The Morgan fingerprint density at radius 1 is 0.194 bits per heavy atom. The second-order valence-corrected chi connectivity index (χ2v) is 29.0. The molecule has 0 radical (unpaired) electrons. The highest BCUT2D eigenvalue weighted by molar-refractivity contribution is 5.98. The molecule has 0 saturated carbocycles. The number of nitrogens with zero attached hydrogens (tertiary/aromatic N) is 4. The molecule has 8 amide bonds. The standard InChI is InChI=1S/4C25H23N3O2.C3H6O/c4*1-18(22(17-26)27-24(29)20-13-7-3-8-14-20)23(19-11-5-2-6-12-19)28-25(30)21-15-9-4-10-16-21;1-3(2)4/h4*2-16,18,22-23H,1H3,(H,27,29)(H,28,30);1-2H3/t4*18-,22-,23-;/m0000./s1. The molecule has 0 aromatic heterocycles. The van der Waals surface area contributed by atoms with Gasteiger partial charge in [0.05, 0.1) is 48.4 Å². The first-order valence-corrected chi connectivity index (χ1v) is 40.3. The molecule has 21 heteroatoms. The molecule has 624 valence electrons. The maximum absolute atomic E-state index is 12.8. The zero-order valence-corrected chi connectivity index (χ0v) is 69.5. The van der Waals surface area contributed by atoms with Crippen LogP contribution in [0.4, 0.5) is 0 Å². The summed E-state index contributed by atoms with van der Waals surface area (Å²) in [6, 6.07) is 112. The summed E-state index contributed by atoms with van der Waals surface area (Å²) in [6.45, 7) is 10.5. The molecule has 0 spiro atoms. The normalized spacial score (nSPS) is 13.1. The fourth-order valence-corrected chi connectivity index (χ4v) is 13.1. The van der Waals surface area contributed by atoms with Gasteiger partial charge in [-0.1, -0.05) is 295 Å². The van der Waals surface area contributed by atoms with E-state index in [-0.39, 0.29) is 76.7 Å². The topological polar surface area (TPSA) is 345 Å². The van der Waals surface area contributed by atoms with E-state index in [9.17, 15) is 64.2 Å². The van der Waals surface area contributed by atoms with Crippen molar-refractivity contribution >= 4 is 53.0 Å². The Bertz CT molecular complexity index is 4860. The number of nitriles is 4. The van der Waals surface area contributed by atoms with Crippen LogP contribution in [0.5, 0.6) is 0 Å². The van der Waals surface area contributed by atoms with Crippen LogP contribution in [-0.4, -0.2) is 77.2 Å². The number of benzene rings is 12. The average molecular weight is 1650 g/mol. The molecule has 0 aliphatic heterocycles. The minimum atomic E-state index is -0.793. The van der Waals surface area contributed by atoms with Crippen LogP contribution in [0, 0.1) is 69.0 Å². The van der Waals surface area contributed by atoms with Gasteiger partial charge in [0.25, 0.3) is 47.3 Å². The summed E-state index contributed by atoms with van der Waals surface area (Å²) in [6.07, 6.45) is 0. The van der Waals surface area contributed by atoms with E-state index in [1.165, 1.54) is 13.8 Å². The lowest BCUT2D eigenvalue weighted by Crippen LogP contribution is -2.44. The Balaban J connectivity index is 0.000000202. The van der Waals surface area contributed by atoms with Crippen LogP contribution in [0.1, 0.15) is 171 Å². The Labute approximate surface area is 724 Å². The minimum absolute atomic E-state index is 0.167. The van der Waals surface area contributed by atoms with Gasteiger partial charge in [-0.05, 0) is 133 Å². The first kappa shape index (κ1) is 93.5. The molecule has 0 aliphatic carbocycles. The molecule has 12 aromatic carbocycles.